The second-order valence-corrected chi connectivity index (χ2v) is 7.50. The Morgan fingerprint density at radius 1 is 1.13 bits per heavy atom. The quantitative estimate of drug-likeness (QED) is 0.797. The fraction of sp³-hybridized carbons (Fsp3) is 0.375. The molecule has 0 saturated carbocycles. The first-order valence-corrected chi connectivity index (χ1v) is 8.20. The molecule has 0 aliphatic heterocycles. The Hall–Kier alpha value is -2.28. The standard InChI is InChI=1S/C16H18N4O2S/c1-16(2,3)13-14(22)20-15(18-17-13)23-12(19-20)9-6-10-4-7-11(21)8-5-10/h4-5,7-8,21H,6,9H2,1-3H3. The number of phenolic OH excluding ortho intramolecular Hbond substituents is 1. The van der Waals surface area contributed by atoms with Gasteiger partial charge in [0, 0.05) is 11.8 Å². The molecule has 3 aromatic rings. The third kappa shape index (κ3) is 3.24. The first-order chi connectivity index (χ1) is 10.8. The summed E-state index contributed by atoms with van der Waals surface area (Å²) >= 11 is 1.38. The summed E-state index contributed by atoms with van der Waals surface area (Å²) in [6.45, 7) is 5.80. The van der Waals surface area contributed by atoms with Gasteiger partial charge in [-0.05, 0) is 24.1 Å². The van der Waals surface area contributed by atoms with Gasteiger partial charge in [-0.15, -0.1) is 10.2 Å². The molecule has 0 atom stereocenters. The van der Waals surface area contributed by atoms with Crippen molar-refractivity contribution < 1.29 is 5.11 Å². The van der Waals surface area contributed by atoms with Crippen LogP contribution >= 0.6 is 11.3 Å². The second kappa shape index (κ2) is 5.73. The van der Waals surface area contributed by atoms with Gasteiger partial charge in [0.05, 0.1) is 0 Å². The van der Waals surface area contributed by atoms with Gasteiger partial charge < -0.3 is 5.11 Å². The van der Waals surface area contributed by atoms with Crippen LogP contribution in [0.25, 0.3) is 4.96 Å². The zero-order valence-corrected chi connectivity index (χ0v) is 14.1. The normalized spacial score (nSPS) is 12.0. The maximum atomic E-state index is 12.5. The maximum absolute atomic E-state index is 12.5. The highest BCUT2D eigenvalue weighted by atomic mass is 32.1. The lowest BCUT2D eigenvalue weighted by atomic mass is 9.93. The average molecular weight is 330 g/mol. The molecule has 0 bridgehead atoms. The van der Waals surface area contributed by atoms with E-state index in [1.807, 2.05) is 32.9 Å². The van der Waals surface area contributed by atoms with E-state index in [1.165, 1.54) is 15.9 Å². The Kier molecular flexibility index (Phi) is 3.89. The van der Waals surface area contributed by atoms with Gasteiger partial charge in [0.1, 0.15) is 16.5 Å². The fourth-order valence-corrected chi connectivity index (χ4v) is 3.07. The molecule has 0 unspecified atom stereocenters. The minimum atomic E-state index is -0.360. The van der Waals surface area contributed by atoms with Crippen LogP contribution in [0.3, 0.4) is 0 Å². The van der Waals surface area contributed by atoms with E-state index in [2.05, 4.69) is 15.3 Å². The average Bonchev–Trinajstić information content (AvgIpc) is 2.90. The number of hydrogen-bond acceptors (Lipinski definition) is 6. The molecule has 0 saturated heterocycles. The Balaban J connectivity index is 1.87. The molecule has 1 aromatic carbocycles. The van der Waals surface area contributed by atoms with E-state index in [0.29, 0.717) is 17.1 Å². The molecule has 0 aliphatic rings. The summed E-state index contributed by atoms with van der Waals surface area (Å²) in [6, 6.07) is 7.09. The van der Waals surface area contributed by atoms with E-state index in [9.17, 15) is 9.90 Å². The smallest absolute Gasteiger partial charge is 0.297 e. The van der Waals surface area contributed by atoms with Crippen LogP contribution in [-0.2, 0) is 18.3 Å². The predicted octanol–water partition coefficient (Wildman–Crippen LogP) is 2.33. The van der Waals surface area contributed by atoms with Crippen LogP contribution in [0.2, 0.25) is 0 Å². The summed E-state index contributed by atoms with van der Waals surface area (Å²) in [5.41, 5.74) is 0.969. The zero-order chi connectivity index (χ0) is 16.6. The van der Waals surface area contributed by atoms with E-state index in [0.717, 1.165) is 17.0 Å². The minimum absolute atomic E-state index is 0.199. The summed E-state index contributed by atoms with van der Waals surface area (Å²) in [6.07, 6.45) is 1.50. The highest BCUT2D eigenvalue weighted by Crippen LogP contribution is 2.18. The summed E-state index contributed by atoms with van der Waals surface area (Å²) in [7, 11) is 0. The van der Waals surface area contributed by atoms with Crippen molar-refractivity contribution >= 4 is 16.3 Å². The number of rotatable bonds is 3. The predicted molar refractivity (Wildman–Crippen MR) is 89.1 cm³/mol. The number of aromatic hydroxyl groups is 1. The minimum Gasteiger partial charge on any atom is -0.508 e. The van der Waals surface area contributed by atoms with Crippen LogP contribution in [0.5, 0.6) is 5.75 Å². The Morgan fingerprint density at radius 2 is 1.83 bits per heavy atom. The summed E-state index contributed by atoms with van der Waals surface area (Å²) in [5, 5.41) is 22.7. The first kappa shape index (κ1) is 15.6. The SMILES string of the molecule is CC(C)(C)c1nnc2sc(CCc3ccc(O)cc3)nn2c1=O. The van der Waals surface area contributed by atoms with Crippen molar-refractivity contribution in [2.45, 2.75) is 39.0 Å². The molecular weight excluding hydrogens is 312 g/mol. The van der Waals surface area contributed by atoms with Crippen LogP contribution in [0.1, 0.15) is 37.0 Å². The fourth-order valence-electron chi connectivity index (χ4n) is 2.24. The van der Waals surface area contributed by atoms with Gasteiger partial charge in [0.2, 0.25) is 4.96 Å². The van der Waals surface area contributed by atoms with Crippen LogP contribution in [0.15, 0.2) is 29.1 Å². The number of hydrogen-bond donors (Lipinski definition) is 1. The highest BCUT2D eigenvalue weighted by Gasteiger charge is 2.22. The van der Waals surface area contributed by atoms with Crippen molar-refractivity contribution in [2.75, 3.05) is 0 Å². The van der Waals surface area contributed by atoms with E-state index in [1.54, 1.807) is 12.1 Å². The van der Waals surface area contributed by atoms with Crippen molar-refractivity contribution in [3.8, 4) is 5.75 Å². The van der Waals surface area contributed by atoms with Crippen LogP contribution in [0.4, 0.5) is 0 Å². The molecule has 1 N–H and O–H groups in total. The molecule has 0 aliphatic carbocycles. The van der Waals surface area contributed by atoms with Gasteiger partial charge in [-0.1, -0.05) is 44.2 Å². The molecule has 2 aromatic heterocycles. The van der Waals surface area contributed by atoms with Crippen LogP contribution < -0.4 is 5.56 Å². The largest absolute Gasteiger partial charge is 0.508 e. The van der Waals surface area contributed by atoms with Gasteiger partial charge in [-0.3, -0.25) is 4.79 Å². The molecule has 7 heteroatoms. The van der Waals surface area contributed by atoms with Crippen molar-refractivity contribution in [2.24, 2.45) is 0 Å². The van der Waals surface area contributed by atoms with Gasteiger partial charge in [-0.2, -0.15) is 9.61 Å². The van der Waals surface area contributed by atoms with E-state index >= 15 is 0 Å². The molecular formula is C16H18N4O2S. The molecule has 23 heavy (non-hydrogen) atoms. The summed E-state index contributed by atoms with van der Waals surface area (Å²) in [4.78, 5) is 13.0. The van der Waals surface area contributed by atoms with E-state index < -0.39 is 0 Å². The summed E-state index contributed by atoms with van der Waals surface area (Å²) < 4.78 is 1.35. The molecule has 3 rings (SSSR count). The topological polar surface area (TPSA) is 80.4 Å². The monoisotopic (exact) mass is 330 g/mol. The molecule has 120 valence electrons. The van der Waals surface area contributed by atoms with Crippen molar-refractivity contribution in [3.05, 3.63) is 50.9 Å². The third-order valence-corrected chi connectivity index (χ3v) is 4.47. The number of fused-ring (bicyclic) bond motifs is 1. The van der Waals surface area contributed by atoms with Crippen molar-refractivity contribution in [1.29, 1.82) is 0 Å². The molecule has 0 fully saturated rings. The Morgan fingerprint density at radius 3 is 2.48 bits per heavy atom. The first-order valence-electron chi connectivity index (χ1n) is 7.38. The lowest BCUT2D eigenvalue weighted by Gasteiger charge is -2.14. The summed E-state index contributed by atoms with van der Waals surface area (Å²) in [5.74, 6) is 0.255. The van der Waals surface area contributed by atoms with Gasteiger partial charge in [-0.25, -0.2) is 0 Å². The zero-order valence-electron chi connectivity index (χ0n) is 13.3. The van der Waals surface area contributed by atoms with Gasteiger partial charge >= 0.3 is 0 Å². The molecule has 0 spiro atoms. The number of benzene rings is 1. The van der Waals surface area contributed by atoms with Gasteiger partial charge in [0.15, 0.2) is 0 Å². The van der Waals surface area contributed by atoms with E-state index in [-0.39, 0.29) is 16.7 Å². The third-order valence-electron chi connectivity index (χ3n) is 3.51. The molecule has 0 amide bonds. The lowest BCUT2D eigenvalue weighted by molar-refractivity contribution is 0.475. The number of aromatic nitrogens is 4. The molecule has 2 heterocycles. The second-order valence-electron chi connectivity index (χ2n) is 6.46. The van der Waals surface area contributed by atoms with Crippen molar-refractivity contribution in [3.63, 3.8) is 0 Å². The molecule has 6 nitrogen and oxygen atoms in total. The maximum Gasteiger partial charge on any atom is 0.297 e. The number of aryl methyl sites for hydroxylation is 2. The van der Waals surface area contributed by atoms with Crippen LogP contribution in [-0.4, -0.2) is 24.9 Å². The highest BCUT2D eigenvalue weighted by molar-refractivity contribution is 7.16. The Labute approximate surface area is 137 Å². The van der Waals surface area contributed by atoms with Crippen LogP contribution in [0, 0.1) is 0 Å². The Bertz CT molecular complexity index is 891. The van der Waals surface area contributed by atoms with Gasteiger partial charge in [0.25, 0.3) is 5.56 Å². The molecule has 0 radical (unpaired) electrons. The van der Waals surface area contributed by atoms with E-state index in [4.69, 9.17) is 0 Å². The van der Waals surface area contributed by atoms with Crippen molar-refractivity contribution in [1.82, 2.24) is 19.8 Å². The lowest BCUT2D eigenvalue weighted by Crippen LogP contribution is -2.30. The number of nitrogens with zero attached hydrogens (tertiary/aromatic N) is 4. The number of phenols is 1.